The predicted octanol–water partition coefficient (Wildman–Crippen LogP) is -0.758. The summed E-state index contributed by atoms with van der Waals surface area (Å²) in [7, 11) is 7.52. The molecule has 0 atom stereocenters. The third-order valence-electron chi connectivity index (χ3n) is 1.88. The summed E-state index contributed by atoms with van der Waals surface area (Å²) in [4.78, 5) is 14.8. The lowest BCUT2D eigenvalue weighted by Crippen LogP contribution is -2.34. The second kappa shape index (κ2) is 8.64. The average Bonchev–Trinajstić information content (AvgIpc) is 2.15. The van der Waals surface area contributed by atoms with E-state index in [1.807, 2.05) is 14.1 Å². The van der Waals surface area contributed by atoms with E-state index < -0.39 is 0 Å². The van der Waals surface area contributed by atoms with Gasteiger partial charge in [0.15, 0.2) is 0 Å². The molecule has 0 saturated heterocycles. The van der Waals surface area contributed by atoms with Crippen molar-refractivity contribution in [1.29, 1.82) is 0 Å². The van der Waals surface area contributed by atoms with Crippen molar-refractivity contribution in [3.05, 3.63) is 0 Å². The fourth-order valence-electron chi connectivity index (χ4n) is 0.847. The number of rotatable bonds is 8. The number of amides is 1. The van der Waals surface area contributed by atoms with E-state index in [1.165, 1.54) is 0 Å². The largest absolute Gasteiger partial charge is 0.379 e. The maximum atomic E-state index is 11.1. The van der Waals surface area contributed by atoms with E-state index in [0.29, 0.717) is 19.7 Å². The van der Waals surface area contributed by atoms with Gasteiger partial charge in [0.2, 0.25) is 5.91 Å². The van der Waals surface area contributed by atoms with E-state index in [2.05, 4.69) is 10.2 Å². The van der Waals surface area contributed by atoms with Crippen molar-refractivity contribution >= 4 is 5.91 Å². The highest BCUT2D eigenvalue weighted by Crippen LogP contribution is 1.79. The van der Waals surface area contributed by atoms with Crippen molar-refractivity contribution < 1.29 is 9.53 Å². The standard InChI is InChI=1S/C10H23N3O2/c1-12(2)6-8-15-7-5-11-9-10(14)13(3)4/h11H,5-9H2,1-4H3. The first-order valence-electron chi connectivity index (χ1n) is 5.17. The summed E-state index contributed by atoms with van der Waals surface area (Å²) in [6.07, 6.45) is 0. The summed E-state index contributed by atoms with van der Waals surface area (Å²) < 4.78 is 5.36. The van der Waals surface area contributed by atoms with Crippen LogP contribution in [0.3, 0.4) is 0 Å². The molecule has 0 aromatic carbocycles. The molecule has 0 aromatic heterocycles. The van der Waals surface area contributed by atoms with E-state index in [9.17, 15) is 4.79 Å². The third-order valence-corrected chi connectivity index (χ3v) is 1.88. The summed E-state index contributed by atoms with van der Waals surface area (Å²) in [6, 6.07) is 0. The number of nitrogens with zero attached hydrogens (tertiary/aromatic N) is 2. The summed E-state index contributed by atoms with van der Waals surface area (Å²) in [5.41, 5.74) is 0. The van der Waals surface area contributed by atoms with Crippen LogP contribution >= 0.6 is 0 Å². The van der Waals surface area contributed by atoms with Crippen LogP contribution < -0.4 is 5.32 Å². The first kappa shape index (κ1) is 14.3. The fourth-order valence-corrected chi connectivity index (χ4v) is 0.847. The molecule has 15 heavy (non-hydrogen) atoms. The number of carbonyl (C=O) groups is 1. The minimum atomic E-state index is 0.0864. The third kappa shape index (κ3) is 9.65. The number of hydrogen-bond donors (Lipinski definition) is 1. The van der Waals surface area contributed by atoms with Crippen molar-refractivity contribution in [2.24, 2.45) is 0 Å². The highest BCUT2D eigenvalue weighted by Gasteiger charge is 2.01. The van der Waals surface area contributed by atoms with Gasteiger partial charge < -0.3 is 19.9 Å². The van der Waals surface area contributed by atoms with Crippen LogP contribution in [0.5, 0.6) is 0 Å². The topological polar surface area (TPSA) is 44.8 Å². The van der Waals surface area contributed by atoms with Gasteiger partial charge in [-0.25, -0.2) is 0 Å². The van der Waals surface area contributed by atoms with Crippen LogP contribution in [0.25, 0.3) is 0 Å². The van der Waals surface area contributed by atoms with Crippen molar-refractivity contribution in [3.63, 3.8) is 0 Å². The molecule has 0 saturated carbocycles. The van der Waals surface area contributed by atoms with Crippen LogP contribution in [0.4, 0.5) is 0 Å². The average molecular weight is 217 g/mol. The van der Waals surface area contributed by atoms with E-state index in [1.54, 1.807) is 19.0 Å². The van der Waals surface area contributed by atoms with Crippen LogP contribution in [-0.2, 0) is 9.53 Å². The highest BCUT2D eigenvalue weighted by molar-refractivity contribution is 5.77. The van der Waals surface area contributed by atoms with Gasteiger partial charge in [-0.2, -0.15) is 0 Å². The molecular formula is C10H23N3O2. The molecule has 1 amide bonds. The van der Waals surface area contributed by atoms with Gasteiger partial charge in [-0.15, -0.1) is 0 Å². The van der Waals surface area contributed by atoms with Crippen LogP contribution in [0, 0.1) is 0 Å². The fraction of sp³-hybridized carbons (Fsp3) is 0.900. The lowest BCUT2D eigenvalue weighted by atomic mass is 10.5. The molecule has 90 valence electrons. The Morgan fingerprint density at radius 3 is 2.40 bits per heavy atom. The lowest BCUT2D eigenvalue weighted by molar-refractivity contribution is -0.127. The van der Waals surface area contributed by atoms with Gasteiger partial charge in [0.25, 0.3) is 0 Å². The minimum absolute atomic E-state index is 0.0864. The number of hydrogen-bond acceptors (Lipinski definition) is 4. The van der Waals surface area contributed by atoms with E-state index >= 15 is 0 Å². The Balaban J connectivity index is 3.15. The Hall–Kier alpha value is -0.650. The zero-order valence-corrected chi connectivity index (χ0v) is 10.2. The molecule has 0 fully saturated rings. The van der Waals surface area contributed by atoms with Gasteiger partial charge in [0.1, 0.15) is 0 Å². The highest BCUT2D eigenvalue weighted by atomic mass is 16.5. The van der Waals surface area contributed by atoms with Crippen molar-refractivity contribution in [3.8, 4) is 0 Å². The summed E-state index contributed by atoms with van der Waals surface area (Å²) in [5, 5.41) is 3.02. The van der Waals surface area contributed by atoms with Gasteiger partial charge in [-0.1, -0.05) is 0 Å². The van der Waals surface area contributed by atoms with Gasteiger partial charge in [-0.05, 0) is 14.1 Å². The molecule has 0 aliphatic rings. The molecule has 0 unspecified atom stereocenters. The maximum Gasteiger partial charge on any atom is 0.236 e. The van der Waals surface area contributed by atoms with Crippen LogP contribution in [0.15, 0.2) is 0 Å². The zero-order chi connectivity index (χ0) is 11.7. The monoisotopic (exact) mass is 217 g/mol. The van der Waals surface area contributed by atoms with Gasteiger partial charge in [-0.3, -0.25) is 4.79 Å². The Bertz CT molecular complexity index is 172. The summed E-state index contributed by atoms with van der Waals surface area (Å²) in [5.74, 6) is 0.0864. The molecule has 0 spiro atoms. The van der Waals surface area contributed by atoms with Crippen molar-refractivity contribution in [1.82, 2.24) is 15.1 Å². The molecular weight excluding hydrogens is 194 g/mol. The Kier molecular flexibility index (Phi) is 8.27. The number of carbonyl (C=O) groups excluding carboxylic acids is 1. The molecule has 0 aliphatic carbocycles. The zero-order valence-electron chi connectivity index (χ0n) is 10.2. The van der Waals surface area contributed by atoms with Gasteiger partial charge >= 0.3 is 0 Å². The normalized spacial score (nSPS) is 10.7. The van der Waals surface area contributed by atoms with Crippen LogP contribution in [0.1, 0.15) is 0 Å². The molecule has 5 nitrogen and oxygen atoms in total. The van der Waals surface area contributed by atoms with Crippen molar-refractivity contribution in [2.75, 3.05) is 61.0 Å². The second-order valence-corrected chi connectivity index (χ2v) is 3.88. The number of ether oxygens (including phenoxy) is 1. The van der Waals surface area contributed by atoms with Gasteiger partial charge in [0.05, 0.1) is 19.8 Å². The quantitative estimate of drug-likeness (QED) is 0.543. The maximum absolute atomic E-state index is 11.1. The number of nitrogens with one attached hydrogen (secondary N) is 1. The molecule has 0 radical (unpaired) electrons. The minimum Gasteiger partial charge on any atom is -0.379 e. The van der Waals surface area contributed by atoms with Crippen LogP contribution in [0.2, 0.25) is 0 Å². The van der Waals surface area contributed by atoms with Crippen molar-refractivity contribution in [2.45, 2.75) is 0 Å². The summed E-state index contributed by atoms with van der Waals surface area (Å²) in [6.45, 7) is 3.40. The Morgan fingerprint density at radius 2 is 1.87 bits per heavy atom. The molecule has 5 heteroatoms. The molecule has 0 aromatic rings. The second-order valence-electron chi connectivity index (χ2n) is 3.88. The Labute approximate surface area is 92.4 Å². The number of likely N-dealkylation sites (N-methyl/N-ethyl adjacent to an activating group) is 2. The smallest absolute Gasteiger partial charge is 0.236 e. The van der Waals surface area contributed by atoms with E-state index in [0.717, 1.165) is 13.2 Å². The van der Waals surface area contributed by atoms with Gasteiger partial charge in [0, 0.05) is 27.2 Å². The molecule has 0 heterocycles. The summed E-state index contributed by atoms with van der Waals surface area (Å²) >= 11 is 0. The SMILES string of the molecule is CN(C)CCOCCNCC(=O)N(C)C. The predicted molar refractivity (Wildman–Crippen MR) is 60.9 cm³/mol. The first-order valence-corrected chi connectivity index (χ1v) is 5.17. The first-order chi connectivity index (χ1) is 7.04. The lowest BCUT2D eigenvalue weighted by Gasteiger charge is -2.12. The van der Waals surface area contributed by atoms with Crippen LogP contribution in [-0.4, -0.2) is 76.7 Å². The molecule has 0 rings (SSSR count). The Morgan fingerprint density at radius 1 is 1.20 bits per heavy atom. The van der Waals surface area contributed by atoms with E-state index in [4.69, 9.17) is 4.74 Å². The molecule has 0 bridgehead atoms. The van der Waals surface area contributed by atoms with E-state index in [-0.39, 0.29) is 5.91 Å². The molecule has 1 N–H and O–H groups in total. The molecule has 0 aliphatic heterocycles.